The van der Waals surface area contributed by atoms with Gasteiger partial charge in [0.2, 0.25) is 0 Å². The number of hydrogen-bond acceptors (Lipinski definition) is 6. The Balaban J connectivity index is 0.000000200. The molecule has 0 aromatic rings. The third kappa shape index (κ3) is 5.16. The van der Waals surface area contributed by atoms with Crippen LogP contribution in [0.1, 0.15) is 58.8 Å². The smallest absolute Gasteiger partial charge is 0.334 e. The van der Waals surface area contributed by atoms with Crippen LogP contribution < -0.4 is 0 Å². The molecule has 4 aliphatic heterocycles. The molecule has 1 spiro atoms. The Labute approximate surface area is 283 Å². The predicted molar refractivity (Wildman–Crippen MR) is 140 cm³/mol. The van der Waals surface area contributed by atoms with Crippen LogP contribution in [0.4, 0.5) is 0 Å². The molecule has 9 atom stereocenters. The Morgan fingerprint density at radius 3 is 2.28 bits per heavy atom. The van der Waals surface area contributed by atoms with Gasteiger partial charge in [-0.05, 0) is 45.4 Å². The summed E-state index contributed by atoms with van der Waals surface area (Å²) < 4.78 is 23.0. The molecule has 3 aliphatic carbocycles. The number of allylic oxidation sites excluding steroid dienone is 3. The van der Waals surface area contributed by atoms with Crippen molar-refractivity contribution >= 4 is 11.9 Å². The topological polar surface area (TPSA) is 77.7 Å². The molecular formula is C31H39O6Y2-3. The average Bonchev–Trinajstić information content (AvgIpc) is 3.53. The van der Waals surface area contributed by atoms with Crippen molar-refractivity contribution in [1.82, 2.24) is 0 Å². The second-order valence-corrected chi connectivity index (χ2v) is 12.0. The van der Waals surface area contributed by atoms with Crippen LogP contribution in [0, 0.1) is 39.0 Å². The molecule has 208 valence electrons. The van der Waals surface area contributed by atoms with Crippen molar-refractivity contribution in [3.63, 3.8) is 0 Å². The predicted octanol–water partition coefficient (Wildman–Crippen LogP) is 5.21. The summed E-state index contributed by atoms with van der Waals surface area (Å²) in [7, 11) is 0. The molecule has 0 bridgehead atoms. The first-order valence-corrected chi connectivity index (χ1v) is 13.2. The number of carbonyl (C=O) groups is 2. The zero-order chi connectivity index (χ0) is 25.6. The fourth-order valence-electron chi connectivity index (χ4n) is 7.50. The van der Waals surface area contributed by atoms with Gasteiger partial charge in [0.15, 0.2) is 0 Å². The Bertz CT molecular complexity index is 1110. The summed E-state index contributed by atoms with van der Waals surface area (Å²) in [4.78, 5) is 23.4. The van der Waals surface area contributed by atoms with Crippen LogP contribution in [0.25, 0.3) is 0 Å². The molecule has 7 aliphatic rings. The van der Waals surface area contributed by atoms with Gasteiger partial charge in [-0.15, -0.1) is 0 Å². The molecule has 4 saturated heterocycles. The normalized spacial score (nSPS) is 45.9. The van der Waals surface area contributed by atoms with E-state index in [4.69, 9.17) is 18.9 Å². The van der Waals surface area contributed by atoms with Gasteiger partial charge in [0.05, 0.1) is 11.2 Å². The van der Waals surface area contributed by atoms with E-state index in [1.165, 1.54) is 0 Å². The van der Waals surface area contributed by atoms with E-state index >= 15 is 0 Å². The van der Waals surface area contributed by atoms with Gasteiger partial charge in [0.1, 0.15) is 23.9 Å². The first-order chi connectivity index (χ1) is 17.0. The molecule has 5 fully saturated rings. The number of rotatable bonds is 0. The molecule has 39 heavy (non-hydrogen) atoms. The van der Waals surface area contributed by atoms with Crippen LogP contribution >= 0.6 is 0 Å². The van der Waals surface area contributed by atoms with Crippen molar-refractivity contribution in [3.8, 4) is 0 Å². The van der Waals surface area contributed by atoms with E-state index < -0.39 is 0 Å². The van der Waals surface area contributed by atoms with Crippen LogP contribution in [0.5, 0.6) is 0 Å². The summed E-state index contributed by atoms with van der Waals surface area (Å²) in [6.07, 6.45) is 10.8. The molecule has 0 amide bonds. The molecule has 2 radical (unpaired) electrons. The van der Waals surface area contributed by atoms with E-state index in [0.717, 1.165) is 56.1 Å². The molecule has 7 rings (SSSR count). The van der Waals surface area contributed by atoms with E-state index in [9.17, 15) is 9.59 Å². The number of carbonyl (C=O) groups excluding carboxylic acids is 2. The summed E-state index contributed by atoms with van der Waals surface area (Å²) in [5.41, 5.74) is 2.90. The van der Waals surface area contributed by atoms with E-state index in [2.05, 4.69) is 53.0 Å². The third-order valence-electron chi connectivity index (χ3n) is 9.83. The summed E-state index contributed by atoms with van der Waals surface area (Å²) >= 11 is 0. The van der Waals surface area contributed by atoms with E-state index in [1.807, 2.05) is 0 Å². The monoisotopic (exact) mass is 685 g/mol. The number of fused-ring (bicyclic) bond motifs is 4. The molecular weight excluding hydrogens is 646 g/mol. The SMILES string of the molecule is C=C1C(=O)OC2[C@H]1CC/C([CH2-])=C\CC[C@@]1(C)O[C@@H]21.C=C1C(=O)O[C@H]2[C@H]1CC1C([CH2-])=CCC[C@@]3(C)O[C@@]123.[CH3-].[Y].[Y]. The largest absolute Gasteiger partial charge is 0.455 e. The second kappa shape index (κ2) is 11.5. The van der Waals surface area contributed by atoms with E-state index in [1.54, 1.807) is 0 Å². The first kappa shape index (κ1) is 33.3. The summed E-state index contributed by atoms with van der Waals surface area (Å²) in [5, 5.41) is 0. The number of epoxide rings is 2. The molecule has 6 nitrogen and oxygen atoms in total. The van der Waals surface area contributed by atoms with Crippen molar-refractivity contribution in [1.29, 1.82) is 0 Å². The van der Waals surface area contributed by atoms with Crippen LogP contribution in [0.15, 0.2) is 47.6 Å². The molecule has 8 heteroatoms. The van der Waals surface area contributed by atoms with Gasteiger partial charge in [0, 0.05) is 88.4 Å². The Kier molecular flexibility index (Phi) is 9.77. The maximum atomic E-state index is 11.7. The third-order valence-corrected chi connectivity index (χ3v) is 9.83. The van der Waals surface area contributed by atoms with Crippen LogP contribution in [-0.4, -0.2) is 47.1 Å². The van der Waals surface area contributed by atoms with Gasteiger partial charge in [-0.2, -0.15) is 0 Å². The van der Waals surface area contributed by atoms with Crippen molar-refractivity contribution in [3.05, 3.63) is 68.9 Å². The van der Waals surface area contributed by atoms with Crippen molar-refractivity contribution < 1.29 is 94.0 Å². The Morgan fingerprint density at radius 2 is 1.56 bits per heavy atom. The van der Waals surface area contributed by atoms with Gasteiger partial charge in [-0.3, -0.25) is 0 Å². The minimum Gasteiger partial charge on any atom is -0.455 e. The Hall–Kier alpha value is -0.232. The summed E-state index contributed by atoms with van der Waals surface area (Å²) in [6.45, 7) is 20.2. The molecule has 0 aromatic carbocycles. The van der Waals surface area contributed by atoms with Gasteiger partial charge in [-0.25, -0.2) is 46.7 Å². The van der Waals surface area contributed by atoms with Crippen LogP contribution in [0.2, 0.25) is 0 Å². The standard InChI is InChI=1S/C15H17O3.C15H19O3.CH3.2Y/c1-8-5-4-6-14(3)15(18-14)11(8)7-10-9(2)13(16)17-12(10)15;1-9-5-4-8-15(3)13(18-15)12-11(7-6-9)10(2)14(16)17-12;;;/h5,10-12H,1-2,4,6-7H2,3H3;5,11-13H,1-2,4,6-8H2,3H3;1H3;;/q3*-1;;/b;9-5-;;;/t10-,11?,12-,14+,15-;11-,12?,13-,15+;;;/m00.../s1. The maximum absolute atomic E-state index is 11.7. The minimum atomic E-state index is -0.323. The first-order valence-electron chi connectivity index (χ1n) is 13.2. The maximum Gasteiger partial charge on any atom is 0.334 e. The molecule has 4 heterocycles. The fourth-order valence-corrected chi connectivity index (χ4v) is 7.50. The fraction of sp³-hybridized carbons (Fsp3) is 0.581. The summed E-state index contributed by atoms with van der Waals surface area (Å²) in [5.74, 6) is -0.00352. The van der Waals surface area contributed by atoms with Crippen molar-refractivity contribution in [2.45, 2.75) is 93.9 Å². The van der Waals surface area contributed by atoms with Gasteiger partial charge in [-0.1, -0.05) is 32.4 Å². The minimum absolute atomic E-state index is 0. The van der Waals surface area contributed by atoms with Crippen LogP contribution in [0.3, 0.4) is 0 Å². The van der Waals surface area contributed by atoms with Gasteiger partial charge >= 0.3 is 11.9 Å². The van der Waals surface area contributed by atoms with E-state index in [-0.39, 0.29) is 138 Å². The van der Waals surface area contributed by atoms with E-state index in [0.29, 0.717) is 11.1 Å². The quantitative estimate of drug-likeness (QED) is 0.151. The zero-order valence-electron chi connectivity index (χ0n) is 23.5. The van der Waals surface area contributed by atoms with Crippen LogP contribution in [-0.2, 0) is 94.0 Å². The summed E-state index contributed by atoms with van der Waals surface area (Å²) in [6, 6.07) is 0. The van der Waals surface area contributed by atoms with Gasteiger partial charge < -0.3 is 26.4 Å². The van der Waals surface area contributed by atoms with Crippen molar-refractivity contribution in [2.75, 3.05) is 0 Å². The zero-order valence-corrected chi connectivity index (χ0v) is 29.2. The number of esters is 2. The molecule has 2 unspecified atom stereocenters. The van der Waals surface area contributed by atoms with Crippen molar-refractivity contribution in [2.24, 2.45) is 17.8 Å². The molecule has 0 N–H and O–H groups in total. The molecule has 1 saturated carbocycles. The number of hydrogen-bond donors (Lipinski definition) is 0. The molecule has 0 aromatic heterocycles. The Morgan fingerprint density at radius 1 is 0.923 bits per heavy atom. The second-order valence-electron chi connectivity index (χ2n) is 12.0. The van der Waals surface area contributed by atoms with Gasteiger partial charge in [0.25, 0.3) is 0 Å². The number of ether oxygens (including phenoxy) is 4. The average molecular weight is 685 g/mol.